The van der Waals surface area contributed by atoms with Gasteiger partial charge >= 0.3 is 0 Å². The normalized spacial score (nSPS) is 13.1. The summed E-state index contributed by atoms with van der Waals surface area (Å²) >= 11 is 0. The van der Waals surface area contributed by atoms with E-state index in [1.807, 2.05) is 18.5 Å². The molecule has 0 unspecified atom stereocenters. The Morgan fingerprint density at radius 1 is 0.773 bits per heavy atom. The van der Waals surface area contributed by atoms with Crippen LogP contribution < -0.4 is 0 Å². The van der Waals surface area contributed by atoms with Crippen LogP contribution in [-0.4, -0.2) is 52.3 Å². The van der Waals surface area contributed by atoms with Gasteiger partial charge in [0.1, 0.15) is 0 Å². The van der Waals surface area contributed by atoms with E-state index in [1.165, 1.54) is 0 Å². The van der Waals surface area contributed by atoms with E-state index in [1.54, 1.807) is 0 Å². The highest BCUT2D eigenvalue weighted by molar-refractivity contribution is 6.73. The average Bonchev–Trinajstić information content (AvgIpc) is 2.40. The second kappa shape index (κ2) is 7.24. The van der Waals surface area contributed by atoms with Crippen molar-refractivity contribution in [2.24, 2.45) is 10.2 Å². The van der Waals surface area contributed by atoms with Crippen molar-refractivity contribution in [2.75, 3.05) is 14.1 Å². The summed E-state index contributed by atoms with van der Waals surface area (Å²) < 4.78 is 4.21. The first-order chi connectivity index (χ1) is 10.00. The summed E-state index contributed by atoms with van der Waals surface area (Å²) in [7, 11) is 1.36. The summed E-state index contributed by atoms with van der Waals surface area (Å²) in [6.45, 7) is 13.7. The number of hydrogen-bond acceptors (Lipinski definition) is 4. The Morgan fingerprint density at radius 2 is 1.14 bits per heavy atom. The maximum atomic E-state index is 4.56. The molecule has 1 rings (SSSR count). The van der Waals surface area contributed by atoms with Crippen molar-refractivity contribution >= 4 is 28.9 Å². The molecule has 0 aliphatic carbocycles. The van der Waals surface area contributed by atoms with Crippen molar-refractivity contribution in [1.82, 2.24) is 9.35 Å². The molecule has 0 heterocycles. The van der Waals surface area contributed by atoms with Gasteiger partial charge in [0.25, 0.3) is 0 Å². The van der Waals surface area contributed by atoms with Crippen molar-refractivity contribution in [3.63, 3.8) is 0 Å². The molecule has 22 heavy (non-hydrogen) atoms. The maximum Gasteiger partial charge on any atom is 0.168 e. The summed E-state index contributed by atoms with van der Waals surface area (Å²) in [6, 6.07) is 8.30. The van der Waals surface area contributed by atoms with E-state index in [-0.39, 0.29) is 0 Å². The van der Waals surface area contributed by atoms with Gasteiger partial charge in [-0.25, -0.2) is 0 Å². The maximum absolute atomic E-state index is 4.56. The largest absolute Gasteiger partial charge is 0.328 e. The SMILES string of the molecule is CN(N=Cc1cccc(C=NN(C)[Si](C)(C)C)c1)[Si](C)(C)C. The predicted molar refractivity (Wildman–Crippen MR) is 104 cm³/mol. The summed E-state index contributed by atoms with van der Waals surface area (Å²) in [5, 5.41) is 9.13. The Hall–Kier alpha value is -1.41. The van der Waals surface area contributed by atoms with Crippen molar-refractivity contribution in [1.29, 1.82) is 0 Å². The number of nitrogens with zero attached hydrogens (tertiary/aromatic N) is 4. The molecule has 0 aliphatic rings. The number of hydrogen-bond donors (Lipinski definition) is 0. The van der Waals surface area contributed by atoms with E-state index in [4.69, 9.17) is 0 Å². The third-order valence-corrected chi connectivity index (χ3v) is 7.73. The van der Waals surface area contributed by atoms with E-state index < -0.39 is 16.5 Å². The first kappa shape index (κ1) is 18.6. The van der Waals surface area contributed by atoms with Gasteiger partial charge in [0.2, 0.25) is 0 Å². The van der Waals surface area contributed by atoms with Crippen LogP contribution in [0.15, 0.2) is 34.5 Å². The number of rotatable bonds is 6. The highest BCUT2D eigenvalue weighted by Gasteiger charge is 2.18. The molecule has 122 valence electrons. The van der Waals surface area contributed by atoms with Gasteiger partial charge in [0.05, 0.1) is 12.4 Å². The van der Waals surface area contributed by atoms with Crippen LogP contribution in [-0.2, 0) is 0 Å². The molecule has 0 bridgehead atoms. The van der Waals surface area contributed by atoms with Crippen LogP contribution in [0.4, 0.5) is 0 Å². The zero-order chi connectivity index (χ0) is 17.0. The van der Waals surface area contributed by atoms with Crippen LogP contribution in [0.1, 0.15) is 11.1 Å². The topological polar surface area (TPSA) is 31.2 Å². The Morgan fingerprint density at radius 3 is 1.45 bits per heavy atom. The van der Waals surface area contributed by atoms with Crippen molar-refractivity contribution in [3.05, 3.63) is 35.4 Å². The highest BCUT2D eigenvalue weighted by Crippen LogP contribution is 2.09. The number of benzene rings is 1. The van der Waals surface area contributed by atoms with E-state index >= 15 is 0 Å². The lowest BCUT2D eigenvalue weighted by molar-refractivity contribution is 0.552. The molecule has 0 radical (unpaired) electrons. The third-order valence-electron chi connectivity index (χ3n) is 3.61. The Kier molecular flexibility index (Phi) is 6.13. The fourth-order valence-electron chi connectivity index (χ4n) is 1.37. The molecule has 0 N–H and O–H groups in total. The van der Waals surface area contributed by atoms with E-state index in [0.717, 1.165) is 11.1 Å². The fraction of sp³-hybridized carbons (Fsp3) is 0.500. The van der Waals surface area contributed by atoms with Crippen LogP contribution >= 0.6 is 0 Å². The van der Waals surface area contributed by atoms with Crippen LogP contribution in [0.2, 0.25) is 39.3 Å². The quantitative estimate of drug-likeness (QED) is 0.449. The van der Waals surface area contributed by atoms with E-state index in [0.29, 0.717) is 0 Å². The third kappa shape index (κ3) is 6.15. The first-order valence-electron chi connectivity index (χ1n) is 7.66. The Bertz CT molecular complexity index is 497. The minimum absolute atomic E-state index is 1.10. The summed E-state index contributed by atoms with van der Waals surface area (Å²) in [5.41, 5.74) is 2.20. The highest BCUT2D eigenvalue weighted by atomic mass is 28.3. The van der Waals surface area contributed by atoms with Gasteiger partial charge in [-0.05, 0) is 17.2 Å². The summed E-state index contributed by atoms with van der Waals surface area (Å²) in [5.74, 6) is 0. The van der Waals surface area contributed by atoms with Gasteiger partial charge in [-0.3, -0.25) is 0 Å². The van der Waals surface area contributed by atoms with Crippen LogP contribution in [0.25, 0.3) is 0 Å². The Balaban J connectivity index is 2.83. The van der Waals surface area contributed by atoms with Gasteiger partial charge in [-0.15, -0.1) is 0 Å². The average molecular weight is 335 g/mol. The molecule has 1 aromatic rings. The van der Waals surface area contributed by atoms with Crippen LogP contribution in [0, 0.1) is 0 Å². The molecule has 4 nitrogen and oxygen atoms in total. The smallest absolute Gasteiger partial charge is 0.168 e. The van der Waals surface area contributed by atoms with Gasteiger partial charge in [0.15, 0.2) is 16.5 Å². The molecule has 0 spiro atoms. The van der Waals surface area contributed by atoms with E-state index in [9.17, 15) is 0 Å². The van der Waals surface area contributed by atoms with Crippen molar-refractivity contribution in [3.8, 4) is 0 Å². The zero-order valence-electron chi connectivity index (χ0n) is 15.3. The lowest BCUT2D eigenvalue weighted by Crippen LogP contribution is -2.39. The van der Waals surface area contributed by atoms with Crippen molar-refractivity contribution in [2.45, 2.75) is 39.3 Å². The molecule has 0 aromatic heterocycles. The predicted octanol–water partition coefficient (Wildman–Crippen LogP) is 3.89. The van der Waals surface area contributed by atoms with Crippen LogP contribution in [0.3, 0.4) is 0 Å². The number of hydrazone groups is 2. The second-order valence-corrected chi connectivity index (χ2v) is 17.5. The molecule has 0 atom stereocenters. The molecule has 6 heteroatoms. The minimum atomic E-state index is -1.37. The second-order valence-electron chi connectivity index (χ2n) is 7.55. The standard InChI is InChI=1S/C16H30N4Si2/c1-19(21(3,4)5)17-13-15-10-9-11-16(12-15)14-18-20(2)22(6,7)8/h9-14H,1-8H3. The van der Waals surface area contributed by atoms with Gasteiger partial charge in [0, 0.05) is 14.1 Å². The zero-order valence-corrected chi connectivity index (χ0v) is 17.3. The summed E-state index contributed by atoms with van der Waals surface area (Å²) in [6.07, 6.45) is 3.86. The van der Waals surface area contributed by atoms with Crippen molar-refractivity contribution < 1.29 is 0 Å². The lowest BCUT2D eigenvalue weighted by Gasteiger charge is -2.26. The first-order valence-corrected chi connectivity index (χ1v) is 14.6. The van der Waals surface area contributed by atoms with Gasteiger partial charge in [-0.1, -0.05) is 57.5 Å². The minimum Gasteiger partial charge on any atom is -0.328 e. The molecule has 0 aliphatic heterocycles. The Labute approximate surface area is 137 Å². The van der Waals surface area contributed by atoms with Crippen LogP contribution in [0.5, 0.6) is 0 Å². The molecule has 0 fully saturated rings. The van der Waals surface area contributed by atoms with Gasteiger partial charge in [-0.2, -0.15) is 10.2 Å². The molecular weight excluding hydrogens is 304 g/mol. The molecule has 1 aromatic carbocycles. The van der Waals surface area contributed by atoms with E-state index in [2.05, 4.69) is 91.1 Å². The molecular formula is C16H30N4Si2. The molecule has 0 amide bonds. The molecule has 0 saturated carbocycles. The molecule has 0 saturated heterocycles. The summed E-state index contributed by atoms with van der Waals surface area (Å²) in [4.78, 5) is 0. The fourth-order valence-corrected chi connectivity index (χ4v) is 2.18. The lowest BCUT2D eigenvalue weighted by atomic mass is 10.1. The van der Waals surface area contributed by atoms with Gasteiger partial charge < -0.3 is 9.35 Å². The monoisotopic (exact) mass is 334 g/mol.